The maximum absolute atomic E-state index is 12.4. The lowest BCUT2D eigenvalue weighted by molar-refractivity contribution is 0.368. The lowest BCUT2D eigenvalue weighted by Crippen LogP contribution is -2.27. The van der Waals surface area contributed by atoms with E-state index < -0.39 is 15.1 Å². The number of nitrogens with one attached hydrogen (secondary N) is 2. The molecule has 0 aromatic carbocycles. The molecule has 2 aromatic heterocycles. The van der Waals surface area contributed by atoms with Gasteiger partial charge in [0.15, 0.2) is 9.84 Å². The van der Waals surface area contributed by atoms with Crippen LogP contribution in [0.1, 0.15) is 48.1 Å². The summed E-state index contributed by atoms with van der Waals surface area (Å²) < 4.78 is 30.0. The van der Waals surface area contributed by atoms with Crippen molar-refractivity contribution >= 4 is 9.84 Å². The summed E-state index contributed by atoms with van der Waals surface area (Å²) in [7, 11) is -3.30. The molecule has 0 bridgehead atoms. The zero-order chi connectivity index (χ0) is 17.4. The van der Waals surface area contributed by atoms with Gasteiger partial charge in [0.05, 0.1) is 11.3 Å². The molecule has 4 heterocycles. The van der Waals surface area contributed by atoms with Crippen molar-refractivity contribution in [2.75, 3.05) is 12.3 Å². The fraction of sp³-hybridized carbons (Fsp3) is 0.562. The Hall–Kier alpha value is -2.00. The highest BCUT2D eigenvalue weighted by atomic mass is 32.2. The van der Waals surface area contributed by atoms with Crippen LogP contribution in [0.15, 0.2) is 15.4 Å². The van der Waals surface area contributed by atoms with Crippen LogP contribution in [-0.4, -0.2) is 35.8 Å². The molecule has 134 valence electrons. The first-order chi connectivity index (χ1) is 12.0. The van der Waals surface area contributed by atoms with Crippen LogP contribution >= 0.6 is 0 Å². The zero-order valence-electron chi connectivity index (χ0n) is 13.7. The maximum Gasteiger partial charge on any atom is 0.259 e. The molecule has 2 N–H and O–H groups in total. The Morgan fingerprint density at radius 2 is 2.12 bits per heavy atom. The van der Waals surface area contributed by atoms with Gasteiger partial charge in [0, 0.05) is 25.2 Å². The second-order valence-corrected chi connectivity index (χ2v) is 8.91. The molecule has 2 aliphatic heterocycles. The van der Waals surface area contributed by atoms with E-state index in [0.717, 1.165) is 37.1 Å². The van der Waals surface area contributed by atoms with Crippen LogP contribution in [0.25, 0.3) is 11.4 Å². The number of sulfone groups is 1. The van der Waals surface area contributed by atoms with Crippen molar-refractivity contribution < 1.29 is 12.9 Å². The quantitative estimate of drug-likeness (QED) is 0.819. The second-order valence-electron chi connectivity index (χ2n) is 6.60. The molecular weight excluding hydrogens is 344 g/mol. The number of pyridine rings is 1. The van der Waals surface area contributed by atoms with Crippen LogP contribution in [0.2, 0.25) is 0 Å². The minimum Gasteiger partial charge on any atom is -0.338 e. The first-order valence-corrected chi connectivity index (χ1v) is 10.3. The molecule has 0 saturated carbocycles. The fourth-order valence-corrected chi connectivity index (χ4v) is 5.30. The number of hydrogen-bond acceptors (Lipinski definition) is 7. The summed E-state index contributed by atoms with van der Waals surface area (Å²) in [4.78, 5) is 19.5. The molecule has 2 aromatic rings. The van der Waals surface area contributed by atoms with E-state index in [1.54, 1.807) is 6.07 Å². The van der Waals surface area contributed by atoms with Gasteiger partial charge < -0.3 is 14.8 Å². The van der Waals surface area contributed by atoms with Gasteiger partial charge in [-0.15, -0.1) is 0 Å². The molecule has 25 heavy (non-hydrogen) atoms. The Morgan fingerprint density at radius 3 is 3.00 bits per heavy atom. The first-order valence-electron chi connectivity index (χ1n) is 8.56. The Bertz CT molecular complexity index is 947. The van der Waals surface area contributed by atoms with E-state index in [0.29, 0.717) is 24.9 Å². The monoisotopic (exact) mass is 364 g/mol. The van der Waals surface area contributed by atoms with E-state index in [2.05, 4.69) is 20.4 Å². The Morgan fingerprint density at radius 1 is 1.24 bits per heavy atom. The molecule has 2 aliphatic rings. The normalized spacial score (nSPS) is 23.0. The number of aromatic nitrogens is 3. The molecule has 9 heteroatoms. The highest BCUT2D eigenvalue weighted by Gasteiger charge is 2.33. The van der Waals surface area contributed by atoms with Crippen molar-refractivity contribution in [3.8, 4) is 11.4 Å². The van der Waals surface area contributed by atoms with Gasteiger partial charge in [-0.25, -0.2) is 8.42 Å². The zero-order valence-corrected chi connectivity index (χ0v) is 14.6. The van der Waals surface area contributed by atoms with Gasteiger partial charge in [-0.3, -0.25) is 4.79 Å². The van der Waals surface area contributed by atoms with E-state index in [9.17, 15) is 13.2 Å². The molecule has 1 unspecified atom stereocenters. The second kappa shape index (κ2) is 6.38. The van der Waals surface area contributed by atoms with E-state index in [-0.39, 0.29) is 23.0 Å². The third-order valence-corrected chi connectivity index (χ3v) is 7.03. The van der Waals surface area contributed by atoms with Crippen LogP contribution in [0.4, 0.5) is 0 Å². The molecule has 0 aliphatic carbocycles. The number of aromatic amines is 1. The number of rotatable bonds is 2. The van der Waals surface area contributed by atoms with Crippen molar-refractivity contribution in [3.63, 3.8) is 0 Å². The first kappa shape index (κ1) is 16.5. The predicted molar refractivity (Wildman–Crippen MR) is 90.8 cm³/mol. The van der Waals surface area contributed by atoms with Gasteiger partial charge in [0.1, 0.15) is 5.25 Å². The summed E-state index contributed by atoms with van der Waals surface area (Å²) in [5.74, 6) is 0.372. The van der Waals surface area contributed by atoms with Gasteiger partial charge in [-0.2, -0.15) is 4.98 Å². The Labute approximate surface area is 145 Å². The van der Waals surface area contributed by atoms with E-state index in [1.165, 1.54) is 0 Å². The Kier molecular flexibility index (Phi) is 4.20. The number of nitrogens with zero attached hydrogens (tertiary/aromatic N) is 2. The van der Waals surface area contributed by atoms with E-state index >= 15 is 0 Å². The van der Waals surface area contributed by atoms with Crippen LogP contribution in [0, 0.1) is 0 Å². The standard InChI is InChI=1S/C16H20N4O4S/c21-15-11(8-10-9-17-6-5-12(10)18-15)14-19-16(24-20-14)13-4-2-1-3-7-25(13,22)23/h8,13,17H,1-7,9H2,(H,18,21). The maximum atomic E-state index is 12.4. The average molecular weight is 364 g/mol. The van der Waals surface area contributed by atoms with Crippen LogP contribution in [-0.2, 0) is 22.8 Å². The molecular formula is C16H20N4O4S. The lowest BCUT2D eigenvalue weighted by Gasteiger charge is -2.16. The van der Waals surface area contributed by atoms with Gasteiger partial charge in [0.2, 0.25) is 11.7 Å². The molecule has 1 fully saturated rings. The van der Waals surface area contributed by atoms with Crippen molar-refractivity contribution in [2.45, 2.75) is 43.9 Å². The third kappa shape index (κ3) is 3.13. The highest BCUT2D eigenvalue weighted by Crippen LogP contribution is 2.32. The smallest absolute Gasteiger partial charge is 0.259 e. The molecule has 0 spiro atoms. The molecule has 0 amide bonds. The summed E-state index contributed by atoms with van der Waals surface area (Å²) in [5.41, 5.74) is 1.94. The number of hydrogen-bond donors (Lipinski definition) is 2. The van der Waals surface area contributed by atoms with E-state index in [1.807, 2.05) is 0 Å². The summed E-state index contributed by atoms with van der Waals surface area (Å²) in [6, 6.07) is 1.76. The van der Waals surface area contributed by atoms with Gasteiger partial charge in [-0.05, 0) is 24.5 Å². The van der Waals surface area contributed by atoms with Gasteiger partial charge in [0.25, 0.3) is 5.56 Å². The SMILES string of the molecule is O=c1[nH]c2c(cc1-c1noc(C3CCCCCS3(=O)=O)n1)CNCC2. The summed E-state index contributed by atoms with van der Waals surface area (Å²) >= 11 is 0. The molecule has 0 radical (unpaired) electrons. The summed E-state index contributed by atoms with van der Waals surface area (Å²) in [6.45, 7) is 1.50. The van der Waals surface area contributed by atoms with Crippen LogP contribution < -0.4 is 10.9 Å². The van der Waals surface area contributed by atoms with Crippen molar-refractivity contribution in [2.24, 2.45) is 0 Å². The molecule has 4 rings (SSSR count). The van der Waals surface area contributed by atoms with Gasteiger partial charge >= 0.3 is 0 Å². The topological polar surface area (TPSA) is 118 Å². The number of H-pyrrole nitrogens is 1. The molecule has 1 atom stereocenters. The van der Waals surface area contributed by atoms with Crippen molar-refractivity contribution in [1.29, 1.82) is 0 Å². The molecule has 8 nitrogen and oxygen atoms in total. The van der Waals surface area contributed by atoms with Crippen LogP contribution in [0.5, 0.6) is 0 Å². The summed E-state index contributed by atoms with van der Waals surface area (Å²) in [6.07, 6.45) is 3.61. The Balaban J connectivity index is 1.71. The van der Waals surface area contributed by atoms with Gasteiger partial charge in [-0.1, -0.05) is 18.0 Å². The van der Waals surface area contributed by atoms with Crippen molar-refractivity contribution in [1.82, 2.24) is 20.4 Å². The minimum absolute atomic E-state index is 0.0899. The summed E-state index contributed by atoms with van der Waals surface area (Å²) in [5, 5.41) is 6.36. The predicted octanol–water partition coefficient (Wildman–Crippen LogP) is 1.10. The number of fused-ring (bicyclic) bond motifs is 1. The van der Waals surface area contributed by atoms with E-state index in [4.69, 9.17) is 4.52 Å². The minimum atomic E-state index is -3.30. The molecule has 1 saturated heterocycles. The van der Waals surface area contributed by atoms with Crippen LogP contribution in [0.3, 0.4) is 0 Å². The largest absolute Gasteiger partial charge is 0.338 e. The fourth-order valence-electron chi connectivity index (χ4n) is 3.48. The lowest BCUT2D eigenvalue weighted by atomic mass is 10.0. The average Bonchev–Trinajstić information content (AvgIpc) is 2.99. The highest BCUT2D eigenvalue weighted by molar-refractivity contribution is 7.91. The van der Waals surface area contributed by atoms with Crippen molar-refractivity contribution in [3.05, 3.63) is 33.6 Å². The third-order valence-electron chi connectivity index (χ3n) is 4.87.